The number of nitrogens with zero attached hydrogens (tertiary/aromatic N) is 3. The molecule has 30 heavy (non-hydrogen) atoms. The zero-order valence-electron chi connectivity index (χ0n) is 18.0. The Bertz CT molecular complexity index is 837. The van der Waals surface area contributed by atoms with Crippen molar-refractivity contribution >= 4 is 11.8 Å². The molecule has 3 rings (SSSR count). The van der Waals surface area contributed by atoms with Gasteiger partial charge < -0.3 is 29.7 Å². The number of aliphatic imine (C=N–C) groups is 1. The fourth-order valence-electron chi connectivity index (χ4n) is 3.30. The molecule has 0 radical (unpaired) electrons. The normalized spacial score (nSPS) is 14.4. The topological polar surface area (TPSA) is 80.2 Å². The highest BCUT2D eigenvalue weighted by Gasteiger charge is 2.16. The quantitative estimate of drug-likeness (QED) is 0.507. The number of aromatic nitrogens is 1. The molecule has 0 saturated carbocycles. The van der Waals surface area contributed by atoms with Gasteiger partial charge in [-0.2, -0.15) is 0 Å². The predicted molar refractivity (Wildman–Crippen MR) is 118 cm³/mol. The lowest BCUT2D eigenvalue weighted by Crippen LogP contribution is -2.39. The van der Waals surface area contributed by atoms with Crippen LogP contribution in [-0.4, -0.2) is 58.0 Å². The van der Waals surface area contributed by atoms with Crippen LogP contribution >= 0.6 is 0 Å². The number of pyridine rings is 1. The molecule has 2 aromatic rings. The number of nitrogens with one attached hydrogen (secondary N) is 2. The van der Waals surface area contributed by atoms with Crippen LogP contribution in [0.25, 0.3) is 0 Å². The number of anilines is 1. The fourth-order valence-corrected chi connectivity index (χ4v) is 3.30. The highest BCUT2D eigenvalue weighted by Crippen LogP contribution is 2.27. The third-order valence-corrected chi connectivity index (χ3v) is 4.84. The summed E-state index contributed by atoms with van der Waals surface area (Å²) in [5, 5.41) is 6.73. The number of hydrogen-bond acceptors (Lipinski definition) is 6. The molecule has 0 bridgehead atoms. The zero-order chi connectivity index (χ0) is 21.2. The molecule has 8 heteroatoms. The van der Waals surface area contributed by atoms with Gasteiger partial charge in [0, 0.05) is 37.9 Å². The van der Waals surface area contributed by atoms with Gasteiger partial charge in [0.2, 0.25) is 0 Å². The summed E-state index contributed by atoms with van der Waals surface area (Å²) in [5.41, 5.74) is 2.18. The molecule has 0 unspecified atom stereocenters. The summed E-state index contributed by atoms with van der Waals surface area (Å²) in [7, 11) is 3.27. The number of ether oxygens (including phenoxy) is 3. The first-order valence-corrected chi connectivity index (χ1v) is 10.2. The van der Waals surface area contributed by atoms with Gasteiger partial charge >= 0.3 is 0 Å². The first-order chi connectivity index (χ1) is 14.7. The molecule has 2 N–H and O–H groups in total. The maximum Gasteiger partial charge on any atom is 0.191 e. The fraction of sp³-hybridized carbons (Fsp3) is 0.455. The first-order valence-electron chi connectivity index (χ1n) is 10.2. The largest absolute Gasteiger partial charge is 0.493 e. The summed E-state index contributed by atoms with van der Waals surface area (Å²) < 4.78 is 16.1. The molecule has 0 spiro atoms. The Morgan fingerprint density at radius 3 is 2.67 bits per heavy atom. The Morgan fingerprint density at radius 1 is 1.13 bits per heavy atom. The van der Waals surface area contributed by atoms with Gasteiger partial charge in [0.15, 0.2) is 17.5 Å². The highest BCUT2D eigenvalue weighted by molar-refractivity contribution is 5.79. The Morgan fingerprint density at radius 2 is 1.93 bits per heavy atom. The van der Waals surface area contributed by atoms with E-state index in [1.54, 1.807) is 14.2 Å². The van der Waals surface area contributed by atoms with Crippen molar-refractivity contribution in [1.29, 1.82) is 0 Å². The van der Waals surface area contributed by atoms with Gasteiger partial charge in [-0.25, -0.2) is 9.98 Å². The van der Waals surface area contributed by atoms with Gasteiger partial charge in [0.1, 0.15) is 5.82 Å². The lowest BCUT2D eigenvalue weighted by Gasteiger charge is -2.29. The van der Waals surface area contributed by atoms with Gasteiger partial charge in [-0.15, -0.1) is 0 Å². The van der Waals surface area contributed by atoms with Crippen molar-refractivity contribution in [2.24, 2.45) is 4.99 Å². The first kappa shape index (κ1) is 21.7. The number of guanidine groups is 1. The van der Waals surface area contributed by atoms with Gasteiger partial charge in [-0.05, 0) is 30.7 Å². The summed E-state index contributed by atoms with van der Waals surface area (Å²) in [5.74, 6) is 3.17. The molecule has 0 aliphatic carbocycles. The summed E-state index contributed by atoms with van der Waals surface area (Å²) in [6, 6.07) is 9.90. The Labute approximate surface area is 178 Å². The second-order valence-corrected chi connectivity index (χ2v) is 6.82. The Hall–Kier alpha value is -3.00. The van der Waals surface area contributed by atoms with E-state index in [4.69, 9.17) is 19.2 Å². The Kier molecular flexibility index (Phi) is 8.14. The second-order valence-electron chi connectivity index (χ2n) is 6.82. The molecule has 1 saturated heterocycles. The standard InChI is InChI=1S/C22H31N5O3/c1-4-23-22(25-15-17-7-8-19(28-2)20(14-17)29-3)26-16-18-6-5-9-24-21(18)27-10-12-30-13-11-27/h5-9,14H,4,10-13,15-16H2,1-3H3,(H2,23,25,26). The molecule has 1 aliphatic heterocycles. The van der Waals surface area contributed by atoms with Gasteiger partial charge in [-0.3, -0.25) is 0 Å². The molecule has 2 heterocycles. The summed E-state index contributed by atoms with van der Waals surface area (Å²) >= 11 is 0. The SMILES string of the molecule is CCNC(=NCc1ccc(OC)c(OC)c1)NCc1cccnc1N1CCOCC1. The molecule has 0 atom stereocenters. The molecule has 1 aliphatic rings. The molecule has 1 fully saturated rings. The van der Waals surface area contributed by atoms with E-state index in [0.29, 0.717) is 24.6 Å². The van der Waals surface area contributed by atoms with Gasteiger partial charge in [0.05, 0.1) is 34.0 Å². The minimum Gasteiger partial charge on any atom is -0.493 e. The lowest BCUT2D eigenvalue weighted by molar-refractivity contribution is 0.122. The molecule has 0 amide bonds. The van der Waals surface area contributed by atoms with E-state index in [1.807, 2.05) is 30.5 Å². The Balaban J connectivity index is 1.68. The molecule has 8 nitrogen and oxygen atoms in total. The number of benzene rings is 1. The van der Waals surface area contributed by atoms with Crippen molar-refractivity contribution in [3.63, 3.8) is 0 Å². The van der Waals surface area contributed by atoms with Crippen molar-refractivity contribution in [2.75, 3.05) is 52.0 Å². The molecule has 1 aromatic heterocycles. The van der Waals surface area contributed by atoms with Crippen LogP contribution in [0.4, 0.5) is 5.82 Å². The van der Waals surface area contributed by atoms with Crippen LogP contribution in [0.3, 0.4) is 0 Å². The van der Waals surface area contributed by atoms with Crippen molar-refractivity contribution in [2.45, 2.75) is 20.0 Å². The summed E-state index contributed by atoms with van der Waals surface area (Å²) in [4.78, 5) is 11.6. The van der Waals surface area contributed by atoms with Crippen molar-refractivity contribution in [3.05, 3.63) is 47.7 Å². The average molecular weight is 414 g/mol. The smallest absolute Gasteiger partial charge is 0.191 e. The number of methoxy groups -OCH3 is 2. The average Bonchev–Trinajstić information content (AvgIpc) is 2.81. The van der Waals surface area contributed by atoms with Crippen LogP contribution in [0.15, 0.2) is 41.5 Å². The maximum atomic E-state index is 5.47. The van der Waals surface area contributed by atoms with Crippen LogP contribution in [0.1, 0.15) is 18.1 Å². The monoisotopic (exact) mass is 413 g/mol. The minimum absolute atomic E-state index is 0.527. The summed E-state index contributed by atoms with van der Waals surface area (Å²) in [6.45, 7) is 7.18. The number of hydrogen-bond donors (Lipinski definition) is 2. The van der Waals surface area contributed by atoms with E-state index in [2.05, 4.69) is 33.5 Å². The summed E-state index contributed by atoms with van der Waals surface area (Å²) in [6.07, 6.45) is 1.84. The van der Waals surface area contributed by atoms with Crippen LogP contribution in [-0.2, 0) is 17.8 Å². The van der Waals surface area contributed by atoms with E-state index >= 15 is 0 Å². The van der Waals surface area contributed by atoms with E-state index in [-0.39, 0.29) is 0 Å². The van der Waals surface area contributed by atoms with E-state index in [1.165, 1.54) is 0 Å². The number of rotatable bonds is 8. The van der Waals surface area contributed by atoms with E-state index in [0.717, 1.165) is 55.8 Å². The van der Waals surface area contributed by atoms with Crippen molar-refractivity contribution in [3.8, 4) is 11.5 Å². The van der Waals surface area contributed by atoms with E-state index in [9.17, 15) is 0 Å². The lowest BCUT2D eigenvalue weighted by atomic mass is 10.2. The third-order valence-electron chi connectivity index (χ3n) is 4.84. The predicted octanol–water partition coefficient (Wildman–Crippen LogP) is 2.19. The maximum absolute atomic E-state index is 5.47. The molecule has 1 aromatic carbocycles. The van der Waals surface area contributed by atoms with Crippen molar-refractivity contribution < 1.29 is 14.2 Å². The van der Waals surface area contributed by atoms with E-state index < -0.39 is 0 Å². The van der Waals surface area contributed by atoms with Crippen molar-refractivity contribution in [1.82, 2.24) is 15.6 Å². The zero-order valence-corrected chi connectivity index (χ0v) is 18.0. The molecular weight excluding hydrogens is 382 g/mol. The molecular formula is C22H31N5O3. The molecule has 162 valence electrons. The second kappa shape index (κ2) is 11.3. The van der Waals surface area contributed by atoms with Crippen LogP contribution in [0, 0.1) is 0 Å². The van der Waals surface area contributed by atoms with Crippen LogP contribution in [0.2, 0.25) is 0 Å². The minimum atomic E-state index is 0.527. The third kappa shape index (κ3) is 5.76. The van der Waals surface area contributed by atoms with Gasteiger partial charge in [-0.1, -0.05) is 12.1 Å². The number of morpholine rings is 1. The van der Waals surface area contributed by atoms with Crippen LogP contribution in [0.5, 0.6) is 11.5 Å². The van der Waals surface area contributed by atoms with Crippen LogP contribution < -0.4 is 25.0 Å². The van der Waals surface area contributed by atoms with Gasteiger partial charge in [0.25, 0.3) is 0 Å². The highest BCUT2D eigenvalue weighted by atomic mass is 16.5.